The number of halogens is 3. The quantitative estimate of drug-likeness (QED) is 0.789. The van der Waals surface area contributed by atoms with Gasteiger partial charge >= 0.3 is 6.18 Å². The largest absolute Gasteiger partial charge is 0.412 e. The summed E-state index contributed by atoms with van der Waals surface area (Å²) in [5.74, 6) is -0.846. The van der Waals surface area contributed by atoms with Crippen LogP contribution < -0.4 is 5.32 Å². The van der Waals surface area contributed by atoms with Crippen LogP contribution >= 0.6 is 0 Å². The Bertz CT molecular complexity index is 919. The van der Waals surface area contributed by atoms with Crippen molar-refractivity contribution >= 4 is 11.6 Å². The fourth-order valence-corrected chi connectivity index (χ4v) is 2.64. The maximum absolute atomic E-state index is 13.4. The first-order valence-corrected chi connectivity index (χ1v) is 7.50. The molecule has 3 aromatic rings. The summed E-state index contributed by atoms with van der Waals surface area (Å²) in [5.41, 5.74) is 1.66. The molecule has 0 aliphatic rings. The molecule has 3 rings (SSSR count). The molecule has 0 fully saturated rings. The van der Waals surface area contributed by atoms with Gasteiger partial charge in [0.15, 0.2) is 6.04 Å². The van der Waals surface area contributed by atoms with E-state index in [1.165, 1.54) is 22.7 Å². The molecule has 1 N–H and O–H groups in total. The minimum Gasteiger partial charge on any atom is -0.335 e. The number of aromatic nitrogens is 3. The van der Waals surface area contributed by atoms with Crippen molar-refractivity contribution in [3.8, 4) is 0 Å². The van der Waals surface area contributed by atoms with Crippen LogP contribution in [-0.2, 0) is 0 Å². The SMILES string of the molecule is Cc1ccc2nc(C)c(C(=O)NC(c3cccnc3)C(F)(F)F)n2c1. The van der Waals surface area contributed by atoms with Crippen LogP contribution in [0.1, 0.15) is 33.4 Å². The average Bonchev–Trinajstić information content (AvgIpc) is 2.87. The van der Waals surface area contributed by atoms with Crippen molar-refractivity contribution in [1.29, 1.82) is 0 Å². The molecule has 25 heavy (non-hydrogen) atoms. The van der Waals surface area contributed by atoms with E-state index in [4.69, 9.17) is 0 Å². The van der Waals surface area contributed by atoms with Gasteiger partial charge in [0, 0.05) is 24.2 Å². The number of amides is 1. The van der Waals surface area contributed by atoms with E-state index >= 15 is 0 Å². The van der Waals surface area contributed by atoms with Crippen LogP contribution in [0.2, 0.25) is 0 Å². The summed E-state index contributed by atoms with van der Waals surface area (Å²) in [7, 11) is 0. The van der Waals surface area contributed by atoms with Crippen molar-refractivity contribution in [2.45, 2.75) is 26.1 Å². The standard InChI is InChI=1S/C17H15F3N4O/c1-10-5-6-13-22-11(2)14(24(13)9-10)16(25)23-15(17(18,19)20)12-4-3-7-21-8-12/h3-9,15H,1-2H3,(H,23,25). The summed E-state index contributed by atoms with van der Waals surface area (Å²) in [4.78, 5) is 20.5. The summed E-state index contributed by atoms with van der Waals surface area (Å²) in [6, 6.07) is 4.04. The van der Waals surface area contributed by atoms with Gasteiger partial charge in [-0.05, 0) is 31.5 Å². The number of hydrogen-bond donors (Lipinski definition) is 1. The van der Waals surface area contributed by atoms with Crippen molar-refractivity contribution in [2.75, 3.05) is 0 Å². The normalized spacial score (nSPS) is 13.0. The third-order valence-corrected chi connectivity index (χ3v) is 3.78. The molecule has 5 nitrogen and oxygen atoms in total. The molecule has 0 saturated heterocycles. The van der Waals surface area contributed by atoms with Crippen LogP contribution in [0, 0.1) is 13.8 Å². The van der Waals surface area contributed by atoms with Gasteiger partial charge in [0.05, 0.1) is 5.69 Å². The molecule has 3 aromatic heterocycles. The number of carbonyl (C=O) groups is 1. The molecule has 0 aliphatic heterocycles. The van der Waals surface area contributed by atoms with Crippen LogP contribution in [0.3, 0.4) is 0 Å². The van der Waals surface area contributed by atoms with Gasteiger partial charge in [-0.2, -0.15) is 13.2 Å². The van der Waals surface area contributed by atoms with Gasteiger partial charge in [-0.3, -0.25) is 14.2 Å². The smallest absolute Gasteiger partial charge is 0.335 e. The molecular formula is C17H15F3N4O. The lowest BCUT2D eigenvalue weighted by molar-refractivity contribution is -0.155. The number of nitrogens with one attached hydrogen (secondary N) is 1. The molecule has 1 amide bonds. The lowest BCUT2D eigenvalue weighted by atomic mass is 10.1. The van der Waals surface area contributed by atoms with E-state index in [0.717, 1.165) is 11.8 Å². The van der Waals surface area contributed by atoms with E-state index in [0.29, 0.717) is 11.3 Å². The van der Waals surface area contributed by atoms with Gasteiger partial charge in [-0.25, -0.2) is 4.98 Å². The Hall–Kier alpha value is -2.90. The van der Waals surface area contributed by atoms with Crippen LogP contribution in [0.5, 0.6) is 0 Å². The zero-order chi connectivity index (χ0) is 18.2. The maximum atomic E-state index is 13.4. The highest BCUT2D eigenvalue weighted by Gasteiger charge is 2.42. The van der Waals surface area contributed by atoms with Crippen LogP contribution in [0.15, 0.2) is 42.9 Å². The Balaban J connectivity index is 2.00. The highest BCUT2D eigenvalue weighted by Crippen LogP contribution is 2.32. The second-order valence-electron chi connectivity index (χ2n) is 5.71. The average molecular weight is 348 g/mol. The second kappa shape index (κ2) is 6.19. The number of imidazole rings is 1. The number of pyridine rings is 2. The monoisotopic (exact) mass is 348 g/mol. The van der Waals surface area contributed by atoms with E-state index in [-0.39, 0.29) is 11.3 Å². The lowest BCUT2D eigenvalue weighted by Crippen LogP contribution is -2.38. The Labute approximate surface area is 141 Å². The third-order valence-electron chi connectivity index (χ3n) is 3.78. The number of aryl methyl sites for hydroxylation is 2. The van der Waals surface area contributed by atoms with Gasteiger partial charge in [-0.1, -0.05) is 12.1 Å². The highest BCUT2D eigenvalue weighted by atomic mass is 19.4. The van der Waals surface area contributed by atoms with Crippen molar-refractivity contribution in [2.24, 2.45) is 0 Å². The number of alkyl halides is 3. The minimum absolute atomic E-state index is 0.0804. The van der Waals surface area contributed by atoms with E-state index < -0.39 is 18.1 Å². The van der Waals surface area contributed by atoms with E-state index in [1.54, 1.807) is 19.2 Å². The Morgan fingerprint density at radius 1 is 1.24 bits per heavy atom. The first-order valence-electron chi connectivity index (χ1n) is 7.50. The van der Waals surface area contributed by atoms with Crippen LogP contribution in [-0.4, -0.2) is 26.5 Å². The molecule has 0 bridgehead atoms. The van der Waals surface area contributed by atoms with Crippen LogP contribution in [0.4, 0.5) is 13.2 Å². The van der Waals surface area contributed by atoms with E-state index in [2.05, 4.69) is 15.3 Å². The first-order chi connectivity index (χ1) is 11.8. The highest BCUT2D eigenvalue weighted by molar-refractivity contribution is 5.95. The molecule has 0 spiro atoms. The molecule has 0 aromatic carbocycles. The van der Waals surface area contributed by atoms with Crippen molar-refractivity contribution in [3.63, 3.8) is 0 Å². The number of carbonyl (C=O) groups excluding carboxylic acids is 1. The van der Waals surface area contributed by atoms with Crippen molar-refractivity contribution < 1.29 is 18.0 Å². The van der Waals surface area contributed by atoms with E-state index in [9.17, 15) is 18.0 Å². The van der Waals surface area contributed by atoms with Gasteiger partial charge < -0.3 is 5.32 Å². The summed E-state index contributed by atoms with van der Waals surface area (Å²) >= 11 is 0. The zero-order valence-electron chi connectivity index (χ0n) is 13.5. The number of fused-ring (bicyclic) bond motifs is 1. The predicted octanol–water partition coefficient (Wildman–Crippen LogP) is 3.38. The minimum atomic E-state index is -4.65. The zero-order valence-corrected chi connectivity index (χ0v) is 13.5. The molecule has 0 aliphatic carbocycles. The molecule has 3 heterocycles. The number of hydrogen-bond acceptors (Lipinski definition) is 3. The van der Waals surface area contributed by atoms with Gasteiger partial charge in [0.2, 0.25) is 0 Å². The molecule has 1 atom stereocenters. The third kappa shape index (κ3) is 3.33. The van der Waals surface area contributed by atoms with Gasteiger partial charge in [-0.15, -0.1) is 0 Å². The molecular weight excluding hydrogens is 333 g/mol. The van der Waals surface area contributed by atoms with Gasteiger partial charge in [0.1, 0.15) is 11.3 Å². The summed E-state index contributed by atoms with van der Waals surface area (Å²) in [5, 5.41) is 2.06. The van der Waals surface area contributed by atoms with Crippen LogP contribution in [0.25, 0.3) is 5.65 Å². The molecule has 130 valence electrons. The number of nitrogens with zero attached hydrogens (tertiary/aromatic N) is 3. The predicted molar refractivity (Wildman–Crippen MR) is 85.2 cm³/mol. The lowest BCUT2D eigenvalue weighted by Gasteiger charge is -2.21. The Morgan fingerprint density at radius 2 is 2.00 bits per heavy atom. The second-order valence-corrected chi connectivity index (χ2v) is 5.71. The summed E-state index contributed by atoms with van der Waals surface area (Å²) < 4.78 is 41.8. The van der Waals surface area contributed by atoms with Crippen molar-refractivity contribution in [1.82, 2.24) is 19.7 Å². The fraction of sp³-hybridized carbons (Fsp3) is 0.235. The summed E-state index contributed by atoms with van der Waals surface area (Å²) in [6.45, 7) is 3.41. The maximum Gasteiger partial charge on any atom is 0.412 e. The fourth-order valence-electron chi connectivity index (χ4n) is 2.64. The van der Waals surface area contributed by atoms with Crippen molar-refractivity contribution in [3.05, 3.63) is 65.4 Å². The molecule has 1 unspecified atom stereocenters. The Kier molecular flexibility index (Phi) is 4.20. The molecule has 0 radical (unpaired) electrons. The molecule has 0 saturated carbocycles. The molecule has 8 heteroatoms. The van der Waals surface area contributed by atoms with Gasteiger partial charge in [0.25, 0.3) is 5.91 Å². The van der Waals surface area contributed by atoms with E-state index in [1.807, 2.05) is 13.0 Å². The first kappa shape index (κ1) is 16.9. The number of rotatable bonds is 3. The topological polar surface area (TPSA) is 59.3 Å². The Morgan fingerprint density at radius 3 is 2.64 bits per heavy atom. The summed E-state index contributed by atoms with van der Waals surface area (Å²) in [6.07, 6.45) is -0.528.